The van der Waals surface area contributed by atoms with Gasteiger partial charge >= 0.3 is 0 Å². The molecule has 0 saturated carbocycles. The van der Waals surface area contributed by atoms with Crippen molar-refractivity contribution in [3.63, 3.8) is 0 Å². The molecule has 2 nitrogen and oxygen atoms in total. The van der Waals surface area contributed by atoms with Crippen molar-refractivity contribution in [2.45, 2.75) is 109 Å². The number of nitrogens with zero attached hydrogens (tertiary/aromatic N) is 2. The zero-order valence-corrected chi connectivity index (χ0v) is 31.0. The highest BCUT2D eigenvalue weighted by molar-refractivity contribution is 6.29. The standard InChI is InChI=1S/C45H54N2/c1-42(2,3)23-27-13-15-32-30(19-27)22-34-39-38-29(17-18-46-39)21-31(25-44(7,8)9)37-33-20-28(24-43(4,5)6)14-16-36(33)47(41(37)38)40(34)35(32)26-45(10,11)12/h13-22H,23-26H2,1-12H3. The largest absolute Gasteiger partial charge is 0.308 e. The van der Waals surface area contributed by atoms with Crippen molar-refractivity contribution in [3.8, 4) is 0 Å². The van der Waals surface area contributed by atoms with Gasteiger partial charge in [-0.1, -0.05) is 113 Å². The first kappa shape index (κ1) is 31.9. The maximum atomic E-state index is 5.21. The lowest BCUT2D eigenvalue weighted by molar-refractivity contribution is 0.411. The number of hydrogen-bond acceptors (Lipinski definition) is 1. The average molecular weight is 623 g/mol. The van der Waals surface area contributed by atoms with Gasteiger partial charge in [0.15, 0.2) is 0 Å². The van der Waals surface area contributed by atoms with E-state index < -0.39 is 0 Å². The number of hydrogen-bond donors (Lipinski definition) is 0. The van der Waals surface area contributed by atoms with Crippen LogP contribution >= 0.6 is 0 Å². The molecule has 3 heterocycles. The molecule has 0 fully saturated rings. The molecule has 0 saturated heterocycles. The van der Waals surface area contributed by atoms with E-state index in [1.165, 1.54) is 76.5 Å². The van der Waals surface area contributed by atoms with Gasteiger partial charge in [-0.3, -0.25) is 4.98 Å². The molecule has 0 radical (unpaired) electrons. The first-order valence-corrected chi connectivity index (χ1v) is 17.7. The Morgan fingerprint density at radius 2 is 1.13 bits per heavy atom. The lowest BCUT2D eigenvalue weighted by atomic mass is 9.82. The van der Waals surface area contributed by atoms with Gasteiger partial charge in [0.1, 0.15) is 0 Å². The minimum Gasteiger partial charge on any atom is -0.308 e. The maximum Gasteiger partial charge on any atom is 0.0823 e. The van der Waals surface area contributed by atoms with Crippen molar-refractivity contribution in [1.29, 1.82) is 0 Å². The highest BCUT2D eigenvalue weighted by Crippen LogP contribution is 2.46. The lowest BCUT2D eigenvalue weighted by Crippen LogP contribution is -2.12. The first-order chi connectivity index (χ1) is 21.8. The third-order valence-corrected chi connectivity index (χ3v) is 9.56. The molecule has 0 aliphatic heterocycles. The van der Waals surface area contributed by atoms with Crippen molar-refractivity contribution in [2.24, 2.45) is 21.7 Å². The summed E-state index contributed by atoms with van der Waals surface area (Å²) < 4.78 is 2.66. The molecule has 2 heteroatoms. The van der Waals surface area contributed by atoms with Crippen LogP contribution in [-0.4, -0.2) is 9.38 Å². The van der Waals surface area contributed by atoms with Gasteiger partial charge in [0.05, 0.1) is 22.1 Å². The Kier molecular flexibility index (Phi) is 7.08. The van der Waals surface area contributed by atoms with Crippen molar-refractivity contribution < 1.29 is 0 Å². The summed E-state index contributed by atoms with van der Waals surface area (Å²) in [5.74, 6) is 0. The van der Waals surface area contributed by atoms with Crippen LogP contribution in [0, 0.1) is 21.7 Å². The van der Waals surface area contributed by atoms with Gasteiger partial charge in [-0.2, -0.15) is 0 Å². The van der Waals surface area contributed by atoms with Crippen molar-refractivity contribution in [3.05, 3.63) is 83.0 Å². The van der Waals surface area contributed by atoms with Crippen LogP contribution < -0.4 is 0 Å². The van der Waals surface area contributed by atoms with Crippen LogP contribution in [0.1, 0.15) is 105 Å². The third kappa shape index (κ3) is 5.87. The normalized spacial score (nSPS) is 13.9. The highest BCUT2D eigenvalue weighted by Gasteiger charge is 2.27. The summed E-state index contributed by atoms with van der Waals surface area (Å²) in [6.07, 6.45) is 6.16. The van der Waals surface area contributed by atoms with E-state index in [4.69, 9.17) is 4.98 Å². The SMILES string of the molecule is CC(C)(C)Cc1ccc2c(CC(C)(C)C)c3c(cc2c1)c1nccc2cc(CC(C)(C)C)c4c5cc(CC(C)(C)C)ccc5n3c4c21. The molecule has 7 rings (SSSR count). The predicted molar refractivity (Wildman–Crippen MR) is 207 cm³/mol. The second-order valence-electron chi connectivity index (χ2n) is 19.5. The van der Waals surface area contributed by atoms with Crippen LogP contribution in [0.5, 0.6) is 0 Å². The molecule has 244 valence electrons. The molecule has 4 aromatic carbocycles. The Bertz CT molecular complexity index is 2320. The summed E-state index contributed by atoms with van der Waals surface area (Å²) in [4.78, 5) is 5.21. The lowest BCUT2D eigenvalue weighted by Gasteiger charge is -2.24. The van der Waals surface area contributed by atoms with Crippen molar-refractivity contribution in [1.82, 2.24) is 9.38 Å². The smallest absolute Gasteiger partial charge is 0.0823 e. The second-order valence-corrected chi connectivity index (χ2v) is 19.5. The number of benzene rings is 4. The molecule has 0 N–H and O–H groups in total. The number of pyridine rings is 2. The minimum atomic E-state index is 0.113. The van der Waals surface area contributed by atoms with Gasteiger partial charge in [0, 0.05) is 27.7 Å². The monoisotopic (exact) mass is 622 g/mol. The average Bonchev–Trinajstić information content (AvgIpc) is 3.24. The molecule has 0 aliphatic carbocycles. The van der Waals surface area contributed by atoms with Gasteiger partial charge < -0.3 is 4.40 Å². The predicted octanol–water partition coefficient (Wildman–Crippen LogP) is 12.9. The van der Waals surface area contributed by atoms with Crippen LogP contribution in [0.3, 0.4) is 0 Å². The van der Waals surface area contributed by atoms with Crippen LogP contribution in [0.2, 0.25) is 0 Å². The number of fused-ring (bicyclic) bond motifs is 7. The summed E-state index contributed by atoms with van der Waals surface area (Å²) in [5, 5.41) is 9.37. The third-order valence-electron chi connectivity index (χ3n) is 9.56. The molecule has 0 unspecified atom stereocenters. The first-order valence-electron chi connectivity index (χ1n) is 17.7. The van der Waals surface area contributed by atoms with E-state index in [1.54, 1.807) is 0 Å². The molecule has 3 aromatic heterocycles. The fraction of sp³-hybridized carbons (Fsp3) is 0.444. The summed E-state index contributed by atoms with van der Waals surface area (Å²) in [6.45, 7) is 28.3. The topological polar surface area (TPSA) is 17.3 Å². The fourth-order valence-electron chi connectivity index (χ4n) is 8.26. The second kappa shape index (κ2) is 10.4. The van der Waals surface area contributed by atoms with Crippen LogP contribution in [-0.2, 0) is 25.7 Å². The summed E-state index contributed by atoms with van der Waals surface area (Å²) >= 11 is 0. The molecular formula is C45H54N2. The maximum absolute atomic E-state index is 5.21. The van der Waals surface area contributed by atoms with Crippen LogP contribution in [0.25, 0.3) is 59.8 Å². The van der Waals surface area contributed by atoms with E-state index in [0.29, 0.717) is 0 Å². The molecule has 0 spiro atoms. The van der Waals surface area contributed by atoms with Gasteiger partial charge in [-0.15, -0.1) is 0 Å². The van der Waals surface area contributed by atoms with Gasteiger partial charge in [0.25, 0.3) is 0 Å². The Labute approximate surface area is 281 Å². The molecule has 0 bridgehead atoms. The number of rotatable bonds is 4. The minimum absolute atomic E-state index is 0.113. The Balaban J connectivity index is 1.73. The zero-order chi connectivity index (χ0) is 33.8. The Hall–Kier alpha value is -3.65. The van der Waals surface area contributed by atoms with Gasteiger partial charge in [-0.25, -0.2) is 0 Å². The van der Waals surface area contributed by atoms with E-state index >= 15 is 0 Å². The summed E-state index contributed by atoms with van der Waals surface area (Å²) in [7, 11) is 0. The van der Waals surface area contributed by atoms with E-state index in [9.17, 15) is 0 Å². The van der Waals surface area contributed by atoms with E-state index in [1.807, 2.05) is 6.20 Å². The fourth-order valence-corrected chi connectivity index (χ4v) is 8.26. The van der Waals surface area contributed by atoms with Gasteiger partial charge in [-0.05, 0) is 110 Å². The van der Waals surface area contributed by atoms with E-state index in [2.05, 4.69) is 142 Å². The highest BCUT2D eigenvalue weighted by atomic mass is 14.9. The van der Waals surface area contributed by atoms with E-state index in [0.717, 1.165) is 31.2 Å². The molecule has 0 atom stereocenters. The Morgan fingerprint density at radius 1 is 0.511 bits per heavy atom. The summed E-state index contributed by atoms with van der Waals surface area (Å²) in [5.41, 5.74) is 11.6. The van der Waals surface area contributed by atoms with Gasteiger partial charge in [0.2, 0.25) is 0 Å². The van der Waals surface area contributed by atoms with Crippen LogP contribution in [0.4, 0.5) is 0 Å². The van der Waals surface area contributed by atoms with Crippen LogP contribution in [0.15, 0.2) is 60.8 Å². The molecule has 47 heavy (non-hydrogen) atoms. The Morgan fingerprint density at radius 3 is 1.77 bits per heavy atom. The molecule has 0 aliphatic rings. The molecule has 7 aromatic rings. The zero-order valence-electron chi connectivity index (χ0n) is 31.0. The van der Waals surface area contributed by atoms with Crippen molar-refractivity contribution >= 4 is 59.8 Å². The van der Waals surface area contributed by atoms with Crippen molar-refractivity contribution in [2.75, 3.05) is 0 Å². The quantitative estimate of drug-likeness (QED) is 0.141. The molecular weight excluding hydrogens is 569 g/mol. The van der Waals surface area contributed by atoms with E-state index in [-0.39, 0.29) is 21.7 Å². The summed E-state index contributed by atoms with van der Waals surface area (Å²) in [6, 6.07) is 21.8. The number of aromatic nitrogens is 2. The molecule has 0 amide bonds.